The van der Waals surface area contributed by atoms with Crippen molar-refractivity contribution in [3.05, 3.63) is 18.2 Å². The summed E-state index contributed by atoms with van der Waals surface area (Å²) in [6.45, 7) is 6.68. The van der Waals surface area contributed by atoms with Crippen LogP contribution in [0, 0.1) is 0 Å². The highest BCUT2D eigenvalue weighted by Crippen LogP contribution is 2.41. The molecule has 0 spiro atoms. The average Bonchev–Trinajstić information content (AvgIpc) is 2.63. The summed E-state index contributed by atoms with van der Waals surface area (Å²) in [5.74, 6) is 0.189. The molecule has 1 aromatic carbocycles. The van der Waals surface area contributed by atoms with Crippen molar-refractivity contribution in [3.63, 3.8) is 0 Å². The van der Waals surface area contributed by atoms with Gasteiger partial charge in [0, 0.05) is 0 Å². The van der Waals surface area contributed by atoms with Crippen molar-refractivity contribution in [2.45, 2.75) is 110 Å². The van der Waals surface area contributed by atoms with E-state index in [-0.39, 0.29) is 17.1 Å². The molecule has 1 rings (SSSR count). The van der Waals surface area contributed by atoms with Gasteiger partial charge in [-0.1, -0.05) is 71.8 Å². The van der Waals surface area contributed by atoms with E-state index in [0.29, 0.717) is 5.75 Å². The number of hydrogen-bond donors (Lipinski definition) is 2. The molecule has 0 amide bonds. The van der Waals surface area contributed by atoms with Crippen LogP contribution in [0.1, 0.15) is 104 Å². The second kappa shape index (κ2) is 12.9. The third-order valence-electron chi connectivity index (χ3n) is 5.26. The molecule has 0 saturated heterocycles. The lowest BCUT2D eigenvalue weighted by molar-refractivity contribution is 0.0308. The van der Waals surface area contributed by atoms with Crippen molar-refractivity contribution < 1.29 is 14.9 Å². The lowest BCUT2D eigenvalue weighted by Gasteiger charge is -2.35. The van der Waals surface area contributed by atoms with Gasteiger partial charge in [0.2, 0.25) is 5.75 Å². The maximum absolute atomic E-state index is 10.2. The third-order valence-corrected chi connectivity index (χ3v) is 5.26. The van der Waals surface area contributed by atoms with Gasteiger partial charge in [-0.25, -0.2) is 0 Å². The molecule has 3 heteroatoms. The normalized spacial score (nSPS) is 11.7. The number of hydrogen-bond acceptors (Lipinski definition) is 3. The number of unbranched alkanes of at least 4 members (excludes halogenated alkanes) is 7. The van der Waals surface area contributed by atoms with Crippen LogP contribution in [0.4, 0.5) is 0 Å². The highest BCUT2D eigenvalue weighted by molar-refractivity contribution is 5.49. The Labute approximate surface area is 160 Å². The number of ether oxygens (including phenoxy) is 1. The zero-order valence-corrected chi connectivity index (χ0v) is 17.2. The third kappa shape index (κ3) is 7.88. The number of phenolic OH excluding ortho intramolecular Hbond substituents is 2. The molecule has 2 N–H and O–H groups in total. The van der Waals surface area contributed by atoms with Crippen LogP contribution >= 0.6 is 0 Å². The second-order valence-corrected chi connectivity index (χ2v) is 7.63. The number of rotatable bonds is 15. The monoisotopic (exact) mass is 364 g/mol. The molecule has 1 aromatic rings. The van der Waals surface area contributed by atoms with E-state index in [1.807, 2.05) is 0 Å². The fourth-order valence-electron chi connectivity index (χ4n) is 3.62. The summed E-state index contributed by atoms with van der Waals surface area (Å²) in [5, 5.41) is 20.1. The Kier molecular flexibility index (Phi) is 11.2. The Morgan fingerprint density at radius 3 is 1.77 bits per heavy atom. The van der Waals surface area contributed by atoms with Crippen LogP contribution in [0.5, 0.6) is 17.2 Å². The van der Waals surface area contributed by atoms with Gasteiger partial charge < -0.3 is 14.9 Å². The van der Waals surface area contributed by atoms with Gasteiger partial charge in [0.05, 0.1) is 0 Å². The minimum Gasteiger partial charge on any atom is -0.504 e. The van der Waals surface area contributed by atoms with Crippen molar-refractivity contribution >= 4 is 0 Å². The number of aromatic hydroxyl groups is 2. The van der Waals surface area contributed by atoms with Crippen LogP contribution in [0.3, 0.4) is 0 Å². The van der Waals surface area contributed by atoms with E-state index in [0.717, 1.165) is 38.5 Å². The molecule has 0 unspecified atom stereocenters. The molecule has 3 nitrogen and oxygen atoms in total. The molecule has 0 aliphatic carbocycles. The van der Waals surface area contributed by atoms with Gasteiger partial charge in [-0.15, -0.1) is 0 Å². The maximum atomic E-state index is 10.2. The molecule has 150 valence electrons. The van der Waals surface area contributed by atoms with Crippen LogP contribution in [-0.2, 0) is 0 Å². The van der Waals surface area contributed by atoms with E-state index in [1.165, 1.54) is 51.0 Å². The summed E-state index contributed by atoms with van der Waals surface area (Å²) in [5.41, 5.74) is -0.233. The van der Waals surface area contributed by atoms with Crippen molar-refractivity contribution in [1.82, 2.24) is 0 Å². The van der Waals surface area contributed by atoms with E-state index >= 15 is 0 Å². The number of phenols is 2. The minimum atomic E-state index is -0.233. The van der Waals surface area contributed by atoms with Gasteiger partial charge in [0.1, 0.15) is 5.60 Å². The predicted molar refractivity (Wildman–Crippen MR) is 110 cm³/mol. The standard InChI is InChI=1S/C23H40O3/c1-4-7-10-13-19-23(17-11-8-5-2,18-12-9-6-3)26-21-16-14-15-20(24)22(21)25/h14-16,24-25H,4-13,17-19H2,1-3H3. The van der Waals surface area contributed by atoms with Crippen LogP contribution in [-0.4, -0.2) is 15.8 Å². The van der Waals surface area contributed by atoms with Gasteiger partial charge in [-0.05, 0) is 50.7 Å². The molecule has 0 aliphatic rings. The van der Waals surface area contributed by atoms with Crippen molar-refractivity contribution in [2.24, 2.45) is 0 Å². The van der Waals surface area contributed by atoms with Crippen molar-refractivity contribution in [1.29, 1.82) is 0 Å². The average molecular weight is 365 g/mol. The summed E-state index contributed by atoms with van der Waals surface area (Å²) in [6, 6.07) is 5.01. The van der Waals surface area contributed by atoms with E-state index in [2.05, 4.69) is 20.8 Å². The predicted octanol–water partition coefficient (Wildman–Crippen LogP) is 7.35. The van der Waals surface area contributed by atoms with Crippen molar-refractivity contribution in [2.75, 3.05) is 0 Å². The maximum Gasteiger partial charge on any atom is 0.200 e. The minimum absolute atomic E-state index is 0.107. The molecule has 26 heavy (non-hydrogen) atoms. The zero-order valence-electron chi connectivity index (χ0n) is 17.2. The quantitative estimate of drug-likeness (QED) is 0.253. The molecular formula is C23H40O3. The lowest BCUT2D eigenvalue weighted by atomic mass is 9.84. The molecule has 0 radical (unpaired) electrons. The van der Waals surface area contributed by atoms with E-state index in [1.54, 1.807) is 12.1 Å². The first-order valence-electron chi connectivity index (χ1n) is 10.8. The van der Waals surface area contributed by atoms with E-state index in [9.17, 15) is 10.2 Å². The summed E-state index contributed by atoms with van der Waals surface area (Å²) in [7, 11) is 0. The molecule has 0 saturated carbocycles. The van der Waals surface area contributed by atoms with Gasteiger partial charge in [0.25, 0.3) is 0 Å². The number of benzene rings is 1. The molecular weight excluding hydrogens is 324 g/mol. The van der Waals surface area contributed by atoms with Crippen molar-refractivity contribution in [3.8, 4) is 17.2 Å². The fourth-order valence-corrected chi connectivity index (χ4v) is 3.62. The molecule has 0 atom stereocenters. The number of para-hydroxylation sites is 1. The first kappa shape index (κ1) is 22.7. The zero-order chi connectivity index (χ0) is 19.3. The highest BCUT2D eigenvalue weighted by Gasteiger charge is 2.32. The fraction of sp³-hybridized carbons (Fsp3) is 0.739. The van der Waals surface area contributed by atoms with E-state index in [4.69, 9.17) is 4.74 Å². The summed E-state index contributed by atoms with van der Waals surface area (Å²) < 4.78 is 6.48. The Morgan fingerprint density at radius 2 is 1.23 bits per heavy atom. The topological polar surface area (TPSA) is 49.7 Å². The first-order chi connectivity index (χ1) is 12.6. The molecule has 0 aliphatic heterocycles. The summed E-state index contributed by atoms with van der Waals surface area (Å²) in [6.07, 6.45) is 15.0. The van der Waals surface area contributed by atoms with Crippen LogP contribution in [0.15, 0.2) is 18.2 Å². The molecule has 0 aromatic heterocycles. The summed E-state index contributed by atoms with van der Waals surface area (Å²) >= 11 is 0. The van der Waals surface area contributed by atoms with Crippen LogP contribution in [0.2, 0.25) is 0 Å². The van der Waals surface area contributed by atoms with Gasteiger partial charge in [-0.2, -0.15) is 0 Å². The van der Waals surface area contributed by atoms with Gasteiger partial charge in [0.15, 0.2) is 11.5 Å². The van der Waals surface area contributed by atoms with E-state index < -0.39 is 0 Å². The SMILES string of the molecule is CCCCCCC(CCCCC)(CCCCC)Oc1cccc(O)c1O. The van der Waals surface area contributed by atoms with Crippen LogP contribution in [0.25, 0.3) is 0 Å². The summed E-state index contributed by atoms with van der Waals surface area (Å²) in [4.78, 5) is 0. The molecule has 0 fully saturated rings. The Hall–Kier alpha value is -1.38. The first-order valence-corrected chi connectivity index (χ1v) is 10.8. The highest BCUT2D eigenvalue weighted by atomic mass is 16.5. The molecule has 0 bridgehead atoms. The Balaban J connectivity index is 2.96. The van der Waals surface area contributed by atoms with Gasteiger partial charge in [-0.3, -0.25) is 0 Å². The Bertz CT molecular complexity index is 474. The molecule has 0 heterocycles. The van der Waals surface area contributed by atoms with Gasteiger partial charge >= 0.3 is 0 Å². The lowest BCUT2D eigenvalue weighted by Crippen LogP contribution is -2.36. The second-order valence-electron chi connectivity index (χ2n) is 7.63. The largest absolute Gasteiger partial charge is 0.504 e. The Morgan fingerprint density at radius 1 is 0.731 bits per heavy atom. The van der Waals surface area contributed by atoms with Crippen LogP contribution < -0.4 is 4.74 Å². The smallest absolute Gasteiger partial charge is 0.200 e.